The molecule has 0 aliphatic rings. The van der Waals surface area contributed by atoms with Gasteiger partial charge in [-0.25, -0.2) is 0 Å². The van der Waals surface area contributed by atoms with E-state index in [0.29, 0.717) is 0 Å². The fourth-order valence-electron chi connectivity index (χ4n) is 1.46. The molecule has 1 aromatic carbocycles. The third-order valence-corrected chi connectivity index (χ3v) is 2.80. The molecule has 0 N–H and O–H groups in total. The second-order valence-electron chi connectivity index (χ2n) is 3.95. The summed E-state index contributed by atoms with van der Waals surface area (Å²) in [7, 11) is 0. The molecule has 0 aliphatic heterocycles. The molecule has 1 aromatic rings. The van der Waals surface area contributed by atoms with Crippen molar-refractivity contribution < 1.29 is 4.79 Å². The topological polar surface area (TPSA) is 17.1 Å². The number of rotatable bonds is 4. The van der Waals surface area contributed by atoms with Crippen LogP contribution < -0.4 is 0 Å². The zero-order chi connectivity index (χ0) is 11.3. The summed E-state index contributed by atoms with van der Waals surface area (Å²) in [6.07, 6.45) is 1.98. The van der Waals surface area contributed by atoms with E-state index in [2.05, 4.69) is 12.1 Å². The van der Waals surface area contributed by atoms with Gasteiger partial charge in [-0.1, -0.05) is 35.9 Å². The number of benzene rings is 1. The number of Topliss-reactive ketones (excluding diaryl/α,β-unsaturated/α-hetero) is 1. The highest BCUT2D eigenvalue weighted by molar-refractivity contribution is 5.93. The standard InChI is InChI=1S/C14H18O/c1-11(12(2)13(3)15)9-10-14-7-5-4-6-8-14/h4-8H,9-10H2,1-3H3/b12-11+. The van der Waals surface area contributed by atoms with Crippen molar-refractivity contribution in [2.24, 2.45) is 0 Å². The van der Waals surface area contributed by atoms with Gasteiger partial charge in [-0.15, -0.1) is 0 Å². The van der Waals surface area contributed by atoms with Crippen LogP contribution in [0.3, 0.4) is 0 Å². The molecule has 1 rings (SSSR count). The van der Waals surface area contributed by atoms with E-state index >= 15 is 0 Å². The molecule has 0 aromatic heterocycles. The maximum Gasteiger partial charge on any atom is 0.155 e. The lowest BCUT2D eigenvalue weighted by molar-refractivity contribution is -0.113. The minimum absolute atomic E-state index is 0.181. The molecule has 15 heavy (non-hydrogen) atoms. The van der Waals surface area contributed by atoms with E-state index in [0.717, 1.165) is 18.4 Å². The summed E-state index contributed by atoms with van der Waals surface area (Å²) in [5.74, 6) is 0.181. The van der Waals surface area contributed by atoms with E-state index < -0.39 is 0 Å². The molecule has 0 unspecified atom stereocenters. The lowest BCUT2D eigenvalue weighted by atomic mass is 10.0. The Hall–Kier alpha value is -1.37. The first kappa shape index (κ1) is 11.7. The van der Waals surface area contributed by atoms with Crippen LogP contribution in [0.25, 0.3) is 0 Å². The molecule has 0 saturated heterocycles. The molecule has 0 spiro atoms. The molecule has 0 bridgehead atoms. The van der Waals surface area contributed by atoms with Gasteiger partial charge in [0, 0.05) is 0 Å². The quantitative estimate of drug-likeness (QED) is 0.682. The number of hydrogen-bond acceptors (Lipinski definition) is 1. The van der Waals surface area contributed by atoms with Gasteiger partial charge >= 0.3 is 0 Å². The highest BCUT2D eigenvalue weighted by atomic mass is 16.1. The first-order valence-corrected chi connectivity index (χ1v) is 5.32. The molecular weight excluding hydrogens is 184 g/mol. The average molecular weight is 202 g/mol. The van der Waals surface area contributed by atoms with E-state index in [9.17, 15) is 4.79 Å². The Balaban J connectivity index is 2.58. The normalized spacial score (nSPS) is 12.2. The summed E-state index contributed by atoms with van der Waals surface area (Å²) in [5.41, 5.74) is 3.44. The van der Waals surface area contributed by atoms with Crippen molar-refractivity contribution in [3.05, 3.63) is 47.0 Å². The SMILES string of the molecule is CC(=O)/C(C)=C(\C)CCc1ccccc1. The van der Waals surface area contributed by atoms with E-state index in [1.807, 2.05) is 32.0 Å². The number of allylic oxidation sites excluding steroid dienone is 2. The van der Waals surface area contributed by atoms with Gasteiger partial charge in [-0.2, -0.15) is 0 Å². The van der Waals surface area contributed by atoms with Gasteiger partial charge in [-0.05, 0) is 44.7 Å². The van der Waals surface area contributed by atoms with Crippen molar-refractivity contribution in [1.82, 2.24) is 0 Å². The lowest BCUT2D eigenvalue weighted by Crippen LogP contribution is -1.97. The third kappa shape index (κ3) is 3.70. The number of carbonyl (C=O) groups excluding carboxylic acids is 1. The molecule has 0 fully saturated rings. The maximum absolute atomic E-state index is 11.1. The van der Waals surface area contributed by atoms with Crippen LogP contribution in [0.5, 0.6) is 0 Å². The van der Waals surface area contributed by atoms with Gasteiger partial charge in [0.25, 0.3) is 0 Å². The summed E-state index contributed by atoms with van der Waals surface area (Å²) in [6.45, 7) is 5.57. The van der Waals surface area contributed by atoms with Crippen molar-refractivity contribution in [2.75, 3.05) is 0 Å². The van der Waals surface area contributed by atoms with Crippen LogP contribution in [0.1, 0.15) is 32.8 Å². The molecule has 0 saturated carbocycles. The van der Waals surface area contributed by atoms with E-state index in [-0.39, 0.29) is 5.78 Å². The van der Waals surface area contributed by atoms with Gasteiger partial charge in [0.05, 0.1) is 0 Å². The Morgan fingerprint density at radius 3 is 2.20 bits per heavy atom. The molecule has 0 aliphatic carbocycles. The monoisotopic (exact) mass is 202 g/mol. The summed E-state index contributed by atoms with van der Waals surface area (Å²) >= 11 is 0. The number of carbonyl (C=O) groups is 1. The summed E-state index contributed by atoms with van der Waals surface area (Å²) in [6, 6.07) is 10.4. The molecule has 0 heterocycles. The molecule has 0 atom stereocenters. The second-order valence-corrected chi connectivity index (χ2v) is 3.95. The van der Waals surface area contributed by atoms with Crippen LogP contribution in [0.15, 0.2) is 41.5 Å². The Bertz CT molecular complexity index is 360. The number of aryl methyl sites for hydroxylation is 1. The van der Waals surface area contributed by atoms with Crippen LogP contribution >= 0.6 is 0 Å². The Kier molecular flexibility index (Phi) is 4.29. The van der Waals surface area contributed by atoms with Crippen LogP contribution in [0.4, 0.5) is 0 Å². The predicted octanol–water partition coefficient (Wildman–Crippen LogP) is 3.54. The summed E-state index contributed by atoms with van der Waals surface area (Å²) in [5, 5.41) is 0. The lowest BCUT2D eigenvalue weighted by Gasteiger charge is -2.05. The van der Waals surface area contributed by atoms with Crippen LogP contribution in [0, 0.1) is 0 Å². The second kappa shape index (κ2) is 5.50. The van der Waals surface area contributed by atoms with E-state index in [1.165, 1.54) is 11.1 Å². The highest BCUT2D eigenvalue weighted by Gasteiger charge is 2.02. The van der Waals surface area contributed by atoms with Crippen LogP contribution in [-0.4, -0.2) is 5.78 Å². The Labute approximate surface area is 91.8 Å². The van der Waals surface area contributed by atoms with E-state index in [4.69, 9.17) is 0 Å². The Morgan fingerprint density at radius 1 is 1.07 bits per heavy atom. The minimum atomic E-state index is 0.181. The van der Waals surface area contributed by atoms with Gasteiger partial charge in [0.1, 0.15) is 0 Å². The smallest absolute Gasteiger partial charge is 0.155 e. The van der Waals surface area contributed by atoms with Crippen molar-refractivity contribution in [2.45, 2.75) is 33.6 Å². The molecular formula is C14H18O. The van der Waals surface area contributed by atoms with Gasteiger partial charge in [-0.3, -0.25) is 4.79 Å². The van der Waals surface area contributed by atoms with Crippen LogP contribution in [-0.2, 0) is 11.2 Å². The fourth-order valence-corrected chi connectivity index (χ4v) is 1.46. The molecule has 1 heteroatoms. The first-order chi connectivity index (χ1) is 7.11. The molecule has 0 radical (unpaired) electrons. The van der Waals surface area contributed by atoms with Crippen molar-refractivity contribution >= 4 is 5.78 Å². The number of ketones is 1. The van der Waals surface area contributed by atoms with Crippen molar-refractivity contribution in [3.8, 4) is 0 Å². The zero-order valence-electron chi connectivity index (χ0n) is 9.71. The maximum atomic E-state index is 11.1. The van der Waals surface area contributed by atoms with Crippen molar-refractivity contribution in [1.29, 1.82) is 0 Å². The highest BCUT2D eigenvalue weighted by Crippen LogP contribution is 2.12. The summed E-state index contributed by atoms with van der Waals surface area (Å²) in [4.78, 5) is 11.1. The largest absolute Gasteiger partial charge is 0.295 e. The minimum Gasteiger partial charge on any atom is -0.295 e. The van der Waals surface area contributed by atoms with Gasteiger partial charge in [0.15, 0.2) is 5.78 Å². The molecule has 0 amide bonds. The third-order valence-electron chi connectivity index (χ3n) is 2.80. The van der Waals surface area contributed by atoms with Gasteiger partial charge in [0.2, 0.25) is 0 Å². The molecule has 80 valence electrons. The van der Waals surface area contributed by atoms with Gasteiger partial charge < -0.3 is 0 Å². The van der Waals surface area contributed by atoms with Crippen LogP contribution in [0.2, 0.25) is 0 Å². The zero-order valence-corrected chi connectivity index (χ0v) is 9.71. The Morgan fingerprint density at radius 2 is 1.67 bits per heavy atom. The molecule has 1 nitrogen and oxygen atoms in total. The number of hydrogen-bond donors (Lipinski definition) is 0. The fraction of sp³-hybridized carbons (Fsp3) is 0.357. The average Bonchev–Trinajstić information content (AvgIpc) is 2.26. The predicted molar refractivity (Wildman–Crippen MR) is 63.8 cm³/mol. The first-order valence-electron chi connectivity index (χ1n) is 5.32. The summed E-state index contributed by atoms with van der Waals surface area (Å²) < 4.78 is 0. The van der Waals surface area contributed by atoms with E-state index in [1.54, 1.807) is 6.92 Å². The van der Waals surface area contributed by atoms with Crippen molar-refractivity contribution in [3.63, 3.8) is 0 Å².